The maximum Gasteiger partial charge on any atom is 0.193 e. The average Bonchev–Trinajstić information content (AvgIpc) is 2.61. The van der Waals surface area contributed by atoms with Gasteiger partial charge >= 0.3 is 0 Å². The Bertz CT molecular complexity index is 407. The molecule has 0 heterocycles. The van der Waals surface area contributed by atoms with E-state index in [0.29, 0.717) is 12.5 Å². The number of hydrogen-bond donors (Lipinski definition) is 0. The molecule has 0 spiro atoms. The summed E-state index contributed by atoms with van der Waals surface area (Å²) in [6.45, 7) is 19.5. The van der Waals surface area contributed by atoms with Crippen LogP contribution in [0.1, 0.15) is 27.2 Å². The number of allylic oxidation sites excluding steroid dienone is 2. The van der Waals surface area contributed by atoms with Gasteiger partial charge in [-0.25, -0.2) is 0 Å². The molecule has 2 nitrogen and oxygen atoms in total. The van der Waals surface area contributed by atoms with Crippen LogP contribution in [0.3, 0.4) is 0 Å². The van der Waals surface area contributed by atoms with Crippen molar-refractivity contribution < 1.29 is 9.16 Å². The molecule has 0 saturated heterocycles. The van der Waals surface area contributed by atoms with Crippen molar-refractivity contribution in [3.63, 3.8) is 0 Å². The van der Waals surface area contributed by atoms with Crippen LogP contribution in [-0.4, -0.2) is 21.0 Å². The lowest BCUT2D eigenvalue weighted by Gasteiger charge is -2.38. The highest BCUT2D eigenvalue weighted by molar-refractivity contribution is 14.1. The summed E-state index contributed by atoms with van der Waals surface area (Å²) in [7, 11) is -1.80. The molecular weight excluding hydrogens is 379 g/mol. The highest BCUT2D eigenvalue weighted by atomic mass is 127. The summed E-state index contributed by atoms with van der Waals surface area (Å²) in [6, 6.07) is 0. The molecule has 0 N–H and O–H groups in total. The Morgan fingerprint density at radius 2 is 1.95 bits per heavy atom. The Morgan fingerprint density at radius 1 is 1.35 bits per heavy atom. The van der Waals surface area contributed by atoms with Crippen LogP contribution in [0, 0.1) is 5.92 Å². The molecule has 0 aromatic carbocycles. The van der Waals surface area contributed by atoms with Crippen molar-refractivity contribution in [2.45, 2.75) is 51.4 Å². The smallest absolute Gasteiger partial charge is 0.193 e. The predicted molar refractivity (Wildman–Crippen MR) is 97.6 cm³/mol. The van der Waals surface area contributed by atoms with E-state index < -0.39 is 8.32 Å². The molecular formula is C16H27IO2Si. The van der Waals surface area contributed by atoms with Gasteiger partial charge in [0.2, 0.25) is 0 Å². The Morgan fingerprint density at radius 3 is 2.40 bits per heavy atom. The van der Waals surface area contributed by atoms with Gasteiger partial charge in [-0.2, -0.15) is 0 Å². The normalized spacial score (nSPS) is 23.9. The Hall–Kier alpha value is -0.0731. The zero-order valence-electron chi connectivity index (χ0n) is 13.3. The van der Waals surface area contributed by atoms with Crippen molar-refractivity contribution in [1.29, 1.82) is 0 Å². The van der Waals surface area contributed by atoms with Crippen LogP contribution in [0.5, 0.6) is 0 Å². The molecule has 0 saturated carbocycles. The minimum atomic E-state index is -1.80. The van der Waals surface area contributed by atoms with Crippen molar-refractivity contribution >= 4 is 30.9 Å². The minimum absolute atomic E-state index is 0.0609. The van der Waals surface area contributed by atoms with E-state index in [4.69, 9.17) is 9.16 Å². The molecule has 1 aliphatic rings. The van der Waals surface area contributed by atoms with Crippen molar-refractivity contribution in [3.8, 4) is 0 Å². The lowest BCUT2D eigenvalue weighted by atomic mass is 10.1. The average molecular weight is 406 g/mol. The zero-order valence-corrected chi connectivity index (χ0v) is 16.5. The van der Waals surface area contributed by atoms with Crippen LogP contribution in [-0.2, 0) is 9.16 Å². The van der Waals surface area contributed by atoms with Gasteiger partial charge in [-0.05, 0) is 47.1 Å². The maximum absolute atomic E-state index is 6.54. The van der Waals surface area contributed by atoms with Crippen LogP contribution in [0.25, 0.3) is 0 Å². The van der Waals surface area contributed by atoms with Crippen LogP contribution in [0.2, 0.25) is 18.1 Å². The van der Waals surface area contributed by atoms with Crippen LogP contribution < -0.4 is 0 Å². The molecule has 1 rings (SSSR count). The first-order chi connectivity index (χ1) is 9.14. The van der Waals surface area contributed by atoms with E-state index in [-0.39, 0.29) is 11.1 Å². The highest BCUT2D eigenvalue weighted by Gasteiger charge is 2.43. The second kappa shape index (κ2) is 6.79. The van der Waals surface area contributed by atoms with Gasteiger partial charge in [0.1, 0.15) is 18.5 Å². The molecule has 0 fully saturated rings. The number of rotatable bonds is 6. The monoisotopic (exact) mass is 406 g/mol. The van der Waals surface area contributed by atoms with E-state index in [9.17, 15) is 0 Å². The third-order valence-corrected chi connectivity index (χ3v) is 10.0. The molecule has 0 aliphatic heterocycles. The fourth-order valence-corrected chi connectivity index (χ4v) is 4.20. The third-order valence-electron chi connectivity index (χ3n) is 4.21. The van der Waals surface area contributed by atoms with Gasteiger partial charge in [0.25, 0.3) is 0 Å². The van der Waals surface area contributed by atoms with E-state index in [2.05, 4.69) is 69.6 Å². The fourth-order valence-electron chi connectivity index (χ4n) is 1.92. The van der Waals surface area contributed by atoms with Gasteiger partial charge < -0.3 is 9.16 Å². The largest absolute Gasteiger partial charge is 0.490 e. The lowest BCUT2D eigenvalue weighted by Crippen LogP contribution is -2.44. The van der Waals surface area contributed by atoms with E-state index >= 15 is 0 Å². The van der Waals surface area contributed by atoms with Crippen LogP contribution in [0.4, 0.5) is 0 Å². The first-order valence-corrected chi connectivity index (χ1v) is 11.1. The predicted octanol–water partition coefficient (Wildman–Crippen LogP) is 5.43. The van der Waals surface area contributed by atoms with Gasteiger partial charge in [0.05, 0.1) is 0 Å². The first-order valence-electron chi connectivity index (χ1n) is 7.07. The number of halogens is 1. The second-order valence-corrected chi connectivity index (χ2v) is 12.7. The van der Waals surface area contributed by atoms with E-state index in [0.717, 1.165) is 12.2 Å². The van der Waals surface area contributed by atoms with E-state index in [1.54, 1.807) is 6.08 Å². The fraction of sp³-hybridized carbons (Fsp3) is 0.625. The lowest BCUT2D eigenvalue weighted by molar-refractivity contribution is 0.124. The van der Waals surface area contributed by atoms with E-state index in [1.807, 2.05) is 6.08 Å². The summed E-state index contributed by atoms with van der Waals surface area (Å²) in [6.07, 6.45) is 4.78. The molecule has 0 radical (unpaired) electrons. The molecule has 0 bridgehead atoms. The summed E-state index contributed by atoms with van der Waals surface area (Å²) in [4.78, 5) is 0. The van der Waals surface area contributed by atoms with Gasteiger partial charge in [-0.3, -0.25) is 0 Å². The first kappa shape index (κ1) is 18.0. The van der Waals surface area contributed by atoms with Crippen molar-refractivity contribution in [2.24, 2.45) is 5.92 Å². The quantitative estimate of drug-likeness (QED) is 0.333. The van der Waals surface area contributed by atoms with Crippen molar-refractivity contribution in [3.05, 3.63) is 34.6 Å². The SMILES string of the molecule is C=CCOC1=C(I)C(C=C)CC1O[Si](C)(C)C(C)(C)C. The molecule has 0 aromatic rings. The summed E-state index contributed by atoms with van der Waals surface area (Å²) in [5.74, 6) is 1.34. The zero-order chi connectivity index (χ0) is 15.6. The Labute approximate surface area is 138 Å². The molecule has 1 aliphatic carbocycles. The minimum Gasteiger partial charge on any atom is -0.490 e. The van der Waals surface area contributed by atoms with Gasteiger partial charge in [-0.1, -0.05) is 39.5 Å². The molecule has 0 amide bonds. The maximum atomic E-state index is 6.54. The van der Waals surface area contributed by atoms with Crippen molar-refractivity contribution in [2.75, 3.05) is 6.61 Å². The highest BCUT2D eigenvalue weighted by Crippen LogP contribution is 2.44. The topological polar surface area (TPSA) is 18.5 Å². The van der Waals surface area contributed by atoms with Gasteiger partial charge in [-0.15, -0.1) is 6.58 Å². The van der Waals surface area contributed by atoms with Crippen LogP contribution in [0.15, 0.2) is 34.6 Å². The molecule has 4 heteroatoms. The van der Waals surface area contributed by atoms with Gasteiger partial charge in [0, 0.05) is 9.50 Å². The number of ether oxygens (including phenoxy) is 1. The molecule has 0 aromatic heterocycles. The molecule has 114 valence electrons. The van der Waals surface area contributed by atoms with E-state index in [1.165, 1.54) is 3.58 Å². The Balaban J connectivity index is 2.94. The standard InChI is InChI=1S/C16H27IO2Si/c1-8-10-18-15-13(11-12(9-2)14(15)17)19-20(6,7)16(3,4)5/h8-9,12-13H,1-2,10-11H2,3-7H3. The van der Waals surface area contributed by atoms with Crippen molar-refractivity contribution in [1.82, 2.24) is 0 Å². The third kappa shape index (κ3) is 3.98. The number of hydrogen-bond acceptors (Lipinski definition) is 2. The second-order valence-electron chi connectivity index (χ2n) is 6.76. The summed E-state index contributed by atoms with van der Waals surface area (Å²) >= 11 is 2.37. The molecule has 20 heavy (non-hydrogen) atoms. The molecule has 2 atom stereocenters. The van der Waals surface area contributed by atoms with Gasteiger partial charge in [0.15, 0.2) is 8.32 Å². The van der Waals surface area contributed by atoms with Crippen LogP contribution >= 0.6 is 22.6 Å². The molecule has 2 unspecified atom stereocenters. The summed E-state index contributed by atoms with van der Waals surface area (Å²) < 4.78 is 13.6. The summed E-state index contributed by atoms with van der Waals surface area (Å²) in [5, 5.41) is 0.203. The summed E-state index contributed by atoms with van der Waals surface area (Å²) in [5.41, 5.74) is 0. The Kier molecular flexibility index (Phi) is 6.10.